The number of hydrogen-bond acceptors (Lipinski definition) is 6. The van der Waals surface area contributed by atoms with E-state index in [4.69, 9.17) is 9.47 Å². The molecule has 3 heterocycles. The van der Waals surface area contributed by atoms with Gasteiger partial charge in [0, 0.05) is 12.4 Å². The maximum atomic E-state index is 13.6. The third-order valence-electron chi connectivity index (χ3n) is 5.66. The molecule has 2 aromatic carbocycles. The summed E-state index contributed by atoms with van der Waals surface area (Å²) in [7, 11) is 0. The third-order valence-corrected chi connectivity index (χ3v) is 6.54. The van der Waals surface area contributed by atoms with Crippen LogP contribution < -0.4 is 14.8 Å². The van der Waals surface area contributed by atoms with Crippen molar-refractivity contribution in [3.8, 4) is 16.7 Å². The van der Waals surface area contributed by atoms with Crippen molar-refractivity contribution in [1.29, 1.82) is 0 Å². The molecule has 2 unspecified atom stereocenters. The van der Waals surface area contributed by atoms with E-state index in [1.54, 1.807) is 24.5 Å². The summed E-state index contributed by atoms with van der Waals surface area (Å²) in [4.78, 5) is 21.3. The van der Waals surface area contributed by atoms with Crippen LogP contribution in [0.5, 0.6) is 16.7 Å². The predicted octanol–water partition coefficient (Wildman–Crippen LogP) is 6.45. The minimum Gasteiger partial charge on any atom is -0.485 e. The molecule has 2 aromatic heterocycles. The van der Waals surface area contributed by atoms with Crippen LogP contribution in [-0.4, -0.2) is 15.9 Å². The van der Waals surface area contributed by atoms with Crippen LogP contribution in [0.4, 0.5) is 4.39 Å². The number of benzene rings is 2. The summed E-state index contributed by atoms with van der Waals surface area (Å²) in [5, 5.41) is 3.34. The summed E-state index contributed by atoms with van der Waals surface area (Å²) in [5.74, 6) is 0.910. The number of pyridine rings is 1. The number of thiazole rings is 1. The van der Waals surface area contributed by atoms with E-state index in [-0.39, 0.29) is 36.3 Å². The van der Waals surface area contributed by atoms with Gasteiger partial charge in [0.2, 0.25) is 0 Å². The van der Waals surface area contributed by atoms with Gasteiger partial charge in [-0.2, -0.15) is 0 Å². The van der Waals surface area contributed by atoms with Crippen LogP contribution in [0.2, 0.25) is 0 Å². The van der Waals surface area contributed by atoms with Gasteiger partial charge in [0.15, 0.2) is 0 Å². The van der Waals surface area contributed by atoms with Gasteiger partial charge in [-0.1, -0.05) is 23.5 Å². The van der Waals surface area contributed by atoms with Crippen LogP contribution in [-0.2, 0) is 6.42 Å². The fourth-order valence-electron chi connectivity index (χ4n) is 3.88. The third kappa shape index (κ3) is 5.78. The lowest BCUT2D eigenvalue weighted by Gasteiger charge is -2.26. The molecule has 9 heteroatoms. The Balaban J connectivity index is 0.00000289. The number of nitrogens with one attached hydrogen (secondary N) is 1. The SMILES string of the molecule is CC(NC(=O)c1cnc(Oc2ccc3c(c2)CCC(c2cccc(F)c2)O3)s1)c1ccncc1.Cl. The molecule has 1 amide bonds. The maximum absolute atomic E-state index is 13.6. The van der Waals surface area contributed by atoms with E-state index in [1.807, 2.05) is 37.3 Å². The average molecular weight is 512 g/mol. The zero-order valence-electron chi connectivity index (χ0n) is 18.8. The van der Waals surface area contributed by atoms with Gasteiger partial charge in [-0.15, -0.1) is 12.4 Å². The Hall–Kier alpha value is -3.49. The molecule has 1 aliphatic heterocycles. The fraction of sp³-hybridized carbons (Fsp3) is 0.192. The number of nitrogens with zero attached hydrogens (tertiary/aromatic N) is 2. The smallest absolute Gasteiger partial charge is 0.279 e. The average Bonchev–Trinajstić information content (AvgIpc) is 3.33. The second-order valence-corrected chi connectivity index (χ2v) is 9.03. The molecule has 0 aliphatic carbocycles. The van der Waals surface area contributed by atoms with Crippen molar-refractivity contribution in [1.82, 2.24) is 15.3 Å². The standard InChI is InChI=1S/C26H22FN3O3S.ClH/c1-16(17-9-11-28-12-10-17)30-25(31)24-15-29-26(34-24)32-21-6-8-23-19(14-21)5-7-22(33-23)18-3-2-4-20(27)13-18;/h2-4,6,8-16,22H,5,7H2,1H3,(H,30,31);1H. The molecular weight excluding hydrogens is 489 g/mol. The lowest BCUT2D eigenvalue weighted by Crippen LogP contribution is -2.25. The van der Waals surface area contributed by atoms with Gasteiger partial charge in [0.1, 0.15) is 28.3 Å². The van der Waals surface area contributed by atoms with Crippen molar-refractivity contribution in [3.05, 3.63) is 101 Å². The van der Waals surface area contributed by atoms with Crippen molar-refractivity contribution in [2.24, 2.45) is 0 Å². The molecule has 1 N–H and O–H groups in total. The summed E-state index contributed by atoms with van der Waals surface area (Å²) < 4.78 is 25.6. The highest BCUT2D eigenvalue weighted by molar-refractivity contribution is 7.15. The summed E-state index contributed by atoms with van der Waals surface area (Å²) in [5.41, 5.74) is 2.82. The number of carbonyl (C=O) groups is 1. The summed E-state index contributed by atoms with van der Waals surface area (Å²) in [6.45, 7) is 1.92. The molecule has 0 fully saturated rings. The summed E-state index contributed by atoms with van der Waals surface area (Å²) in [6, 6.07) is 15.7. The molecule has 6 nitrogen and oxygen atoms in total. The van der Waals surface area contributed by atoms with Crippen molar-refractivity contribution in [2.45, 2.75) is 31.9 Å². The Bertz CT molecular complexity index is 1320. The number of ether oxygens (including phenoxy) is 2. The van der Waals surface area contributed by atoms with Crippen LogP contribution >= 0.6 is 23.7 Å². The maximum Gasteiger partial charge on any atom is 0.279 e. The summed E-state index contributed by atoms with van der Waals surface area (Å²) in [6.07, 6.45) is 6.26. The van der Waals surface area contributed by atoms with E-state index in [1.165, 1.54) is 29.7 Å². The molecule has 0 spiro atoms. The largest absolute Gasteiger partial charge is 0.485 e. The first-order valence-corrected chi connectivity index (χ1v) is 11.8. The molecule has 1 aliphatic rings. The molecule has 2 atom stereocenters. The van der Waals surface area contributed by atoms with E-state index in [0.29, 0.717) is 15.8 Å². The minimum atomic E-state index is -0.265. The van der Waals surface area contributed by atoms with Crippen molar-refractivity contribution < 1.29 is 18.7 Å². The molecule has 0 radical (unpaired) electrons. The molecule has 0 saturated carbocycles. The van der Waals surface area contributed by atoms with Gasteiger partial charge >= 0.3 is 0 Å². The zero-order chi connectivity index (χ0) is 23.5. The van der Waals surface area contributed by atoms with Gasteiger partial charge < -0.3 is 14.8 Å². The number of hydrogen-bond donors (Lipinski definition) is 1. The molecule has 0 saturated heterocycles. The first kappa shape index (κ1) is 24.6. The highest BCUT2D eigenvalue weighted by Crippen LogP contribution is 2.38. The van der Waals surface area contributed by atoms with Gasteiger partial charge in [-0.25, -0.2) is 9.37 Å². The Kier molecular flexibility index (Phi) is 7.63. The molecule has 5 rings (SSSR count). The Morgan fingerprint density at radius 3 is 2.83 bits per heavy atom. The molecular formula is C26H23ClFN3O3S. The first-order chi connectivity index (χ1) is 16.5. The monoisotopic (exact) mass is 511 g/mol. The van der Waals surface area contributed by atoms with Gasteiger partial charge in [-0.05, 0) is 78.9 Å². The van der Waals surface area contributed by atoms with Gasteiger partial charge in [0.25, 0.3) is 11.1 Å². The predicted molar refractivity (Wildman–Crippen MR) is 134 cm³/mol. The van der Waals surface area contributed by atoms with E-state index in [2.05, 4.69) is 15.3 Å². The number of carbonyl (C=O) groups excluding carboxylic acids is 1. The topological polar surface area (TPSA) is 73.3 Å². The fourth-order valence-corrected chi connectivity index (χ4v) is 4.57. The van der Waals surface area contributed by atoms with Crippen molar-refractivity contribution in [2.75, 3.05) is 0 Å². The normalized spacial score (nSPS) is 15.2. The Labute approximate surface area is 212 Å². The molecule has 4 aromatic rings. The lowest BCUT2D eigenvalue weighted by molar-refractivity contribution is 0.0943. The molecule has 0 bridgehead atoms. The van der Waals surface area contributed by atoms with Gasteiger partial charge in [-0.3, -0.25) is 9.78 Å². The van der Waals surface area contributed by atoms with E-state index in [9.17, 15) is 9.18 Å². The zero-order valence-corrected chi connectivity index (χ0v) is 20.4. The van der Waals surface area contributed by atoms with Crippen LogP contribution in [0, 0.1) is 5.82 Å². The first-order valence-electron chi connectivity index (χ1n) is 10.9. The van der Waals surface area contributed by atoms with Crippen molar-refractivity contribution >= 4 is 29.7 Å². The second-order valence-electron chi connectivity index (χ2n) is 8.04. The summed E-state index contributed by atoms with van der Waals surface area (Å²) >= 11 is 1.18. The Morgan fingerprint density at radius 2 is 2.03 bits per heavy atom. The van der Waals surface area contributed by atoms with Crippen LogP contribution in [0.3, 0.4) is 0 Å². The number of aryl methyl sites for hydroxylation is 1. The van der Waals surface area contributed by atoms with Crippen LogP contribution in [0.25, 0.3) is 0 Å². The number of fused-ring (bicyclic) bond motifs is 1. The van der Waals surface area contributed by atoms with Gasteiger partial charge in [0.05, 0.1) is 12.2 Å². The number of halogens is 2. The van der Waals surface area contributed by atoms with E-state index in [0.717, 1.165) is 35.3 Å². The highest BCUT2D eigenvalue weighted by Gasteiger charge is 2.22. The van der Waals surface area contributed by atoms with Crippen molar-refractivity contribution in [3.63, 3.8) is 0 Å². The van der Waals surface area contributed by atoms with Crippen LogP contribution in [0.1, 0.15) is 51.9 Å². The van der Waals surface area contributed by atoms with E-state index < -0.39 is 0 Å². The van der Waals surface area contributed by atoms with Crippen LogP contribution in [0.15, 0.2) is 73.2 Å². The lowest BCUT2D eigenvalue weighted by atomic mass is 9.97. The number of aromatic nitrogens is 2. The Morgan fingerprint density at radius 1 is 1.20 bits per heavy atom. The quantitative estimate of drug-likeness (QED) is 0.322. The molecule has 35 heavy (non-hydrogen) atoms. The molecule has 180 valence electrons. The number of rotatable bonds is 6. The highest BCUT2D eigenvalue weighted by atomic mass is 35.5. The van der Waals surface area contributed by atoms with E-state index >= 15 is 0 Å². The minimum absolute atomic E-state index is 0. The number of amides is 1. The second kappa shape index (κ2) is 10.8.